The highest BCUT2D eigenvalue weighted by Crippen LogP contribution is 2.14. The van der Waals surface area contributed by atoms with E-state index in [1.54, 1.807) is 24.4 Å². The number of hydrazone groups is 1. The second kappa shape index (κ2) is 10.0. The molecule has 0 aromatic heterocycles. The maximum absolute atomic E-state index is 12.1. The van der Waals surface area contributed by atoms with Crippen LogP contribution in [0.25, 0.3) is 0 Å². The minimum Gasteiger partial charge on any atom is -0.489 e. The summed E-state index contributed by atoms with van der Waals surface area (Å²) in [5.74, 6) is 0.0884. The highest BCUT2D eigenvalue weighted by molar-refractivity contribution is 5.96. The van der Waals surface area contributed by atoms with Gasteiger partial charge in [0.15, 0.2) is 0 Å². The molecule has 152 valence electrons. The van der Waals surface area contributed by atoms with Crippen molar-refractivity contribution in [2.45, 2.75) is 13.5 Å². The third kappa shape index (κ3) is 5.54. The van der Waals surface area contributed by atoms with Crippen LogP contribution in [0.1, 0.15) is 37.4 Å². The summed E-state index contributed by atoms with van der Waals surface area (Å²) in [4.78, 5) is 23.6. The first-order valence-electron chi connectivity index (χ1n) is 9.36. The van der Waals surface area contributed by atoms with Gasteiger partial charge in [-0.1, -0.05) is 30.3 Å². The number of hydrogen-bond donors (Lipinski definition) is 1. The quantitative estimate of drug-likeness (QED) is 0.366. The molecule has 6 nitrogen and oxygen atoms in total. The second-order valence-corrected chi connectivity index (χ2v) is 6.56. The van der Waals surface area contributed by atoms with E-state index in [4.69, 9.17) is 4.74 Å². The Morgan fingerprint density at radius 3 is 2.33 bits per heavy atom. The summed E-state index contributed by atoms with van der Waals surface area (Å²) in [6, 6.07) is 21.7. The number of benzene rings is 3. The number of nitrogens with zero attached hydrogens (tertiary/aromatic N) is 1. The smallest absolute Gasteiger partial charge is 0.337 e. The molecular weight excluding hydrogens is 380 g/mol. The van der Waals surface area contributed by atoms with E-state index in [0.29, 0.717) is 23.5 Å². The van der Waals surface area contributed by atoms with Gasteiger partial charge < -0.3 is 9.47 Å². The van der Waals surface area contributed by atoms with Crippen LogP contribution < -0.4 is 10.2 Å². The number of hydrogen-bond acceptors (Lipinski definition) is 5. The molecule has 0 fully saturated rings. The van der Waals surface area contributed by atoms with Gasteiger partial charge in [0.2, 0.25) is 0 Å². The Bertz CT molecular complexity index is 1040. The molecule has 0 aliphatic carbocycles. The van der Waals surface area contributed by atoms with Crippen molar-refractivity contribution < 1.29 is 19.1 Å². The first kappa shape index (κ1) is 20.8. The highest BCUT2D eigenvalue weighted by Gasteiger charge is 2.06. The van der Waals surface area contributed by atoms with Crippen LogP contribution in [0.15, 0.2) is 77.9 Å². The van der Waals surface area contributed by atoms with E-state index < -0.39 is 0 Å². The molecule has 0 saturated carbocycles. The fraction of sp³-hybridized carbons (Fsp3) is 0.125. The number of esters is 1. The van der Waals surface area contributed by atoms with E-state index in [-0.39, 0.29) is 11.9 Å². The predicted octanol–water partition coefficient (Wildman–Crippen LogP) is 4.12. The van der Waals surface area contributed by atoms with Gasteiger partial charge in [0.05, 0.1) is 18.9 Å². The highest BCUT2D eigenvalue weighted by atomic mass is 16.5. The number of amides is 1. The maximum Gasteiger partial charge on any atom is 0.337 e. The third-order valence-corrected chi connectivity index (χ3v) is 4.43. The summed E-state index contributed by atoms with van der Waals surface area (Å²) in [5, 5.41) is 4.01. The van der Waals surface area contributed by atoms with Crippen molar-refractivity contribution in [3.8, 4) is 5.75 Å². The van der Waals surface area contributed by atoms with Crippen molar-refractivity contribution in [2.75, 3.05) is 7.11 Å². The molecule has 30 heavy (non-hydrogen) atoms. The molecule has 0 unspecified atom stereocenters. The predicted molar refractivity (Wildman–Crippen MR) is 115 cm³/mol. The van der Waals surface area contributed by atoms with Crippen LogP contribution in [-0.4, -0.2) is 25.2 Å². The van der Waals surface area contributed by atoms with Crippen LogP contribution in [0.3, 0.4) is 0 Å². The number of rotatable bonds is 7. The summed E-state index contributed by atoms with van der Waals surface area (Å²) in [6.45, 7) is 2.26. The lowest BCUT2D eigenvalue weighted by Crippen LogP contribution is -2.18. The van der Waals surface area contributed by atoms with E-state index in [1.165, 1.54) is 7.11 Å². The Morgan fingerprint density at radius 1 is 0.967 bits per heavy atom. The van der Waals surface area contributed by atoms with E-state index in [9.17, 15) is 9.59 Å². The van der Waals surface area contributed by atoms with Gasteiger partial charge in [0.25, 0.3) is 5.91 Å². The van der Waals surface area contributed by atoms with Gasteiger partial charge in [-0.3, -0.25) is 4.79 Å². The summed E-state index contributed by atoms with van der Waals surface area (Å²) in [5.41, 5.74) is 6.29. The molecule has 0 aliphatic heterocycles. The van der Waals surface area contributed by atoms with Crippen molar-refractivity contribution in [2.24, 2.45) is 5.10 Å². The SMILES string of the molecule is COC(=O)c1ccc(COc2ccc(/C=N/NC(=O)c3ccccc3C)cc2)cc1. The fourth-order valence-electron chi connectivity index (χ4n) is 2.73. The first-order chi connectivity index (χ1) is 14.6. The van der Waals surface area contributed by atoms with Crippen molar-refractivity contribution in [1.29, 1.82) is 0 Å². The Labute approximate surface area is 175 Å². The van der Waals surface area contributed by atoms with Crippen LogP contribution in [0.5, 0.6) is 5.75 Å². The molecule has 1 amide bonds. The zero-order chi connectivity index (χ0) is 21.3. The lowest BCUT2D eigenvalue weighted by molar-refractivity contribution is 0.0600. The van der Waals surface area contributed by atoms with Gasteiger partial charge in [-0.25, -0.2) is 10.2 Å². The standard InChI is InChI=1S/C24H22N2O4/c1-17-5-3-4-6-22(17)23(27)26-25-15-18-9-13-21(14-10-18)30-16-19-7-11-20(12-8-19)24(28)29-2/h3-15H,16H2,1-2H3,(H,26,27)/b25-15+. The lowest BCUT2D eigenvalue weighted by atomic mass is 10.1. The lowest BCUT2D eigenvalue weighted by Gasteiger charge is -2.07. The average molecular weight is 402 g/mol. The molecule has 3 aromatic carbocycles. The number of methoxy groups -OCH3 is 1. The van der Waals surface area contributed by atoms with Gasteiger partial charge in [0.1, 0.15) is 12.4 Å². The van der Waals surface area contributed by atoms with Gasteiger partial charge in [0, 0.05) is 5.56 Å². The van der Waals surface area contributed by atoms with Crippen LogP contribution >= 0.6 is 0 Å². The minimum atomic E-state index is -0.366. The molecule has 0 aliphatic rings. The first-order valence-corrected chi connectivity index (χ1v) is 9.36. The monoisotopic (exact) mass is 402 g/mol. The zero-order valence-corrected chi connectivity index (χ0v) is 16.8. The molecule has 0 bridgehead atoms. The number of nitrogens with one attached hydrogen (secondary N) is 1. The molecule has 0 radical (unpaired) electrons. The Hall–Kier alpha value is -3.93. The maximum atomic E-state index is 12.1. The van der Waals surface area contributed by atoms with E-state index >= 15 is 0 Å². The molecular formula is C24H22N2O4. The Balaban J connectivity index is 1.51. The van der Waals surface area contributed by atoms with Crippen molar-refractivity contribution >= 4 is 18.1 Å². The minimum absolute atomic E-state index is 0.248. The van der Waals surface area contributed by atoms with Crippen molar-refractivity contribution in [3.05, 3.63) is 101 Å². The van der Waals surface area contributed by atoms with Crippen molar-refractivity contribution in [3.63, 3.8) is 0 Å². The summed E-state index contributed by atoms with van der Waals surface area (Å²) >= 11 is 0. The molecule has 0 atom stereocenters. The summed E-state index contributed by atoms with van der Waals surface area (Å²) in [7, 11) is 1.35. The zero-order valence-electron chi connectivity index (χ0n) is 16.8. The van der Waals surface area contributed by atoms with Crippen LogP contribution in [0.4, 0.5) is 0 Å². The van der Waals surface area contributed by atoms with E-state index in [0.717, 1.165) is 16.7 Å². The number of carbonyl (C=O) groups is 2. The topological polar surface area (TPSA) is 77.0 Å². The molecule has 0 saturated heterocycles. The molecule has 6 heteroatoms. The third-order valence-electron chi connectivity index (χ3n) is 4.43. The number of ether oxygens (including phenoxy) is 2. The fourth-order valence-corrected chi connectivity index (χ4v) is 2.73. The molecule has 3 aromatic rings. The van der Waals surface area contributed by atoms with Crippen LogP contribution in [0, 0.1) is 6.92 Å². The molecule has 1 N–H and O–H groups in total. The number of carbonyl (C=O) groups excluding carboxylic acids is 2. The summed E-state index contributed by atoms with van der Waals surface area (Å²) in [6.07, 6.45) is 1.57. The van der Waals surface area contributed by atoms with Gasteiger partial charge in [-0.15, -0.1) is 0 Å². The Kier molecular flexibility index (Phi) is 6.95. The second-order valence-electron chi connectivity index (χ2n) is 6.56. The number of aryl methyl sites for hydroxylation is 1. The van der Waals surface area contributed by atoms with Crippen LogP contribution in [-0.2, 0) is 11.3 Å². The molecule has 0 heterocycles. The van der Waals surface area contributed by atoms with Crippen molar-refractivity contribution in [1.82, 2.24) is 5.43 Å². The van der Waals surface area contributed by atoms with Gasteiger partial charge in [-0.05, 0) is 66.1 Å². The van der Waals surface area contributed by atoms with Gasteiger partial charge >= 0.3 is 5.97 Å². The normalized spacial score (nSPS) is 10.6. The summed E-state index contributed by atoms with van der Waals surface area (Å²) < 4.78 is 10.4. The molecule has 3 rings (SSSR count). The largest absolute Gasteiger partial charge is 0.489 e. The molecule has 0 spiro atoms. The van der Waals surface area contributed by atoms with Gasteiger partial charge in [-0.2, -0.15) is 5.10 Å². The van der Waals surface area contributed by atoms with E-state index in [2.05, 4.69) is 15.3 Å². The Morgan fingerprint density at radius 2 is 1.67 bits per heavy atom. The van der Waals surface area contributed by atoms with Crippen LogP contribution in [0.2, 0.25) is 0 Å². The van der Waals surface area contributed by atoms with E-state index in [1.807, 2.05) is 61.5 Å². The average Bonchev–Trinajstić information content (AvgIpc) is 2.78.